The first kappa shape index (κ1) is 14.6. The highest BCUT2D eigenvalue weighted by Gasteiger charge is 2.12. The highest BCUT2D eigenvalue weighted by Crippen LogP contribution is 2.07. The van der Waals surface area contributed by atoms with Crippen molar-refractivity contribution in [1.29, 1.82) is 0 Å². The Kier molecular flexibility index (Phi) is 5.78. The van der Waals surface area contributed by atoms with Gasteiger partial charge in [-0.05, 0) is 24.5 Å². The number of pyridine rings is 1. The molecule has 1 N–H and O–H groups in total. The summed E-state index contributed by atoms with van der Waals surface area (Å²) in [5, 5.41) is 8.91. The van der Waals surface area contributed by atoms with E-state index in [1.807, 2.05) is 23.1 Å². The van der Waals surface area contributed by atoms with E-state index in [1.54, 1.807) is 0 Å². The lowest BCUT2D eigenvalue weighted by Crippen LogP contribution is -2.32. The molecule has 1 rings (SSSR count). The maximum atomic E-state index is 10.8. The van der Waals surface area contributed by atoms with Crippen molar-refractivity contribution >= 4 is 5.97 Å². The van der Waals surface area contributed by atoms with E-state index in [0.717, 1.165) is 24.4 Å². The van der Waals surface area contributed by atoms with Crippen molar-refractivity contribution in [2.75, 3.05) is 13.1 Å². The molecule has 0 amide bonds. The first-order valence-corrected chi connectivity index (χ1v) is 6.40. The van der Waals surface area contributed by atoms with E-state index < -0.39 is 5.97 Å². The molecule has 0 saturated heterocycles. The van der Waals surface area contributed by atoms with Crippen LogP contribution >= 0.6 is 0 Å². The molecule has 0 atom stereocenters. The summed E-state index contributed by atoms with van der Waals surface area (Å²) >= 11 is 0. The van der Waals surface area contributed by atoms with E-state index in [4.69, 9.17) is 5.11 Å². The Morgan fingerprint density at radius 2 is 2.06 bits per heavy atom. The molecule has 0 spiro atoms. The van der Waals surface area contributed by atoms with Crippen molar-refractivity contribution in [1.82, 2.24) is 9.88 Å². The van der Waals surface area contributed by atoms with E-state index in [2.05, 4.69) is 25.8 Å². The molecule has 0 saturated carbocycles. The lowest BCUT2D eigenvalue weighted by molar-refractivity contribution is -0.138. The van der Waals surface area contributed by atoms with Crippen LogP contribution in [0.1, 0.15) is 32.2 Å². The van der Waals surface area contributed by atoms with Gasteiger partial charge in [-0.3, -0.25) is 14.7 Å². The minimum Gasteiger partial charge on any atom is -0.480 e. The normalized spacial score (nSPS) is 11.2. The van der Waals surface area contributed by atoms with Gasteiger partial charge in [0.2, 0.25) is 0 Å². The van der Waals surface area contributed by atoms with Crippen molar-refractivity contribution in [2.24, 2.45) is 5.92 Å². The monoisotopic (exact) mass is 250 g/mol. The minimum atomic E-state index is -0.790. The maximum absolute atomic E-state index is 10.8. The standard InChI is InChI=1S/C14H22N2O2/c1-4-12-6-5-7-13(15-12)9-16(8-11(2)3)10-14(17)18/h5-7,11H,4,8-10H2,1-3H3,(H,17,18). The van der Waals surface area contributed by atoms with Crippen LogP contribution in [0.25, 0.3) is 0 Å². The average Bonchev–Trinajstić information content (AvgIpc) is 2.27. The van der Waals surface area contributed by atoms with Crippen LogP contribution in [0.5, 0.6) is 0 Å². The number of aryl methyl sites for hydroxylation is 1. The molecule has 0 aliphatic heterocycles. The number of carboxylic acids is 1. The molecule has 4 nitrogen and oxygen atoms in total. The van der Waals surface area contributed by atoms with E-state index in [9.17, 15) is 4.79 Å². The van der Waals surface area contributed by atoms with E-state index in [1.165, 1.54) is 0 Å². The second-order valence-electron chi connectivity index (χ2n) is 4.93. The number of hydrogen-bond donors (Lipinski definition) is 1. The Morgan fingerprint density at radius 1 is 1.39 bits per heavy atom. The molecule has 0 radical (unpaired) electrons. The first-order valence-electron chi connectivity index (χ1n) is 6.40. The minimum absolute atomic E-state index is 0.0657. The fourth-order valence-corrected chi connectivity index (χ4v) is 1.94. The van der Waals surface area contributed by atoms with Gasteiger partial charge in [0.1, 0.15) is 0 Å². The van der Waals surface area contributed by atoms with Crippen LogP contribution in [0.4, 0.5) is 0 Å². The Balaban J connectivity index is 2.71. The van der Waals surface area contributed by atoms with E-state index in [-0.39, 0.29) is 6.54 Å². The fraction of sp³-hybridized carbons (Fsp3) is 0.571. The lowest BCUT2D eigenvalue weighted by Gasteiger charge is -2.22. The third kappa shape index (κ3) is 5.27. The van der Waals surface area contributed by atoms with Gasteiger partial charge < -0.3 is 5.11 Å². The zero-order valence-electron chi connectivity index (χ0n) is 11.4. The summed E-state index contributed by atoms with van der Waals surface area (Å²) in [6.07, 6.45) is 0.900. The topological polar surface area (TPSA) is 53.4 Å². The fourth-order valence-electron chi connectivity index (χ4n) is 1.94. The Morgan fingerprint density at radius 3 is 2.61 bits per heavy atom. The number of nitrogens with zero attached hydrogens (tertiary/aromatic N) is 2. The molecular weight excluding hydrogens is 228 g/mol. The number of rotatable bonds is 7. The van der Waals surface area contributed by atoms with Crippen LogP contribution in [0, 0.1) is 5.92 Å². The summed E-state index contributed by atoms with van der Waals surface area (Å²) in [5.74, 6) is -0.346. The van der Waals surface area contributed by atoms with Gasteiger partial charge in [-0.25, -0.2) is 0 Å². The Bertz CT molecular complexity index is 391. The van der Waals surface area contributed by atoms with Crippen molar-refractivity contribution in [3.05, 3.63) is 29.6 Å². The molecule has 1 aromatic rings. The Hall–Kier alpha value is -1.42. The zero-order chi connectivity index (χ0) is 13.5. The summed E-state index contributed by atoms with van der Waals surface area (Å²) in [5.41, 5.74) is 1.99. The van der Waals surface area contributed by atoms with Gasteiger partial charge >= 0.3 is 5.97 Å². The number of carbonyl (C=O) groups is 1. The Labute approximate surface area is 109 Å². The summed E-state index contributed by atoms with van der Waals surface area (Å²) in [7, 11) is 0. The van der Waals surface area contributed by atoms with Gasteiger partial charge in [0.15, 0.2) is 0 Å². The predicted octanol–water partition coefficient (Wildman–Crippen LogP) is 2.19. The van der Waals surface area contributed by atoms with Crippen molar-refractivity contribution < 1.29 is 9.90 Å². The summed E-state index contributed by atoms with van der Waals surface area (Å²) in [6, 6.07) is 5.93. The number of aliphatic carboxylic acids is 1. The van der Waals surface area contributed by atoms with Crippen LogP contribution in [-0.2, 0) is 17.8 Å². The van der Waals surface area contributed by atoms with Crippen LogP contribution in [0.3, 0.4) is 0 Å². The van der Waals surface area contributed by atoms with Crippen LogP contribution in [0.15, 0.2) is 18.2 Å². The molecule has 100 valence electrons. The van der Waals surface area contributed by atoms with E-state index in [0.29, 0.717) is 12.5 Å². The highest BCUT2D eigenvalue weighted by molar-refractivity contribution is 5.69. The van der Waals surface area contributed by atoms with Gasteiger partial charge in [0.25, 0.3) is 0 Å². The maximum Gasteiger partial charge on any atom is 0.317 e. The van der Waals surface area contributed by atoms with Crippen molar-refractivity contribution in [2.45, 2.75) is 33.7 Å². The number of aromatic nitrogens is 1. The molecule has 0 unspecified atom stereocenters. The number of carboxylic acid groups (broad SMARTS) is 1. The third-order valence-corrected chi connectivity index (χ3v) is 2.59. The molecular formula is C14H22N2O2. The summed E-state index contributed by atoms with van der Waals surface area (Å²) in [6.45, 7) is 7.67. The van der Waals surface area contributed by atoms with Crippen LogP contribution < -0.4 is 0 Å². The van der Waals surface area contributed by atoms with Gasteiger partial charge in [0, 0.05) is 18.8 Å². The molecule has 0 aliphatic rings. The first-order chi connectivity index (χ1) is 8.51. The second-order valence-corrected chi connectivity index (χ2v) is 4.93. The lowest BCUT2D eigenvalue weighted by atomic mass is 10.2. The molecule has 0 aromatic carbocycles. The largest absolute Gasteiger partial charge is 0.480 e. The quantitative estimate of drug-likeness (QED) is 0.806. The zero-order valence-corrected chi connectivity index (χ0v) is 11.4. The van der Waals surface area contributed by atoms with Crippen molar-refractivity contribution in [3.63, 3.8) is 0 Å². The van der Waals surface area contributed by atoms with Gasteiger partial charge in [0.05, 0.1) is 12.2 Å². The molecule has 0 aliphatic carbocycles. The second kappa shape index (κ2) is 7.11. The number of hydrogen-bond acceptors (Lipinski definition) is 3. The van der Waals surface area contributed by atoms with Crippen LogP contribution in [0.2, 0.25) is 0 Å². The third-order valence-electron chi connectivity index (χ3n) is 2.59. The SMILES string of the molecule is CCc1cccc(CN(CC(=O)O)CC(C)C)n1. The molecule has 18 heavy (non-hydrogen) atoms. The molecule has 1 aromatic heterocycles. The van der Waals surface area contributed by atoms with Gasteiger partial charge in [-0.15, -0.1) is 0 Å². The van der Waals surface area contributed by atoms with Gasteiger partial charge in [-0.2, -0.15) is 0 Å². The molecule has 0 fully saturated rings. The summed E-state index contributed by atoms with van der Waals surface area (Å²) < 4.78 is 0. The molecule has 1 heterocycles. The molecule has 0 bridgehead atoms. The van der Waals surface area contributed by atoms with Crippen molar-refractivity contribution in [3.8, 4) is 0 Å². The van der Waals surface area contributed by atoms with Crippen LogP contribution in [-0.4, -0.2) is 34.0 Å². The smallest absolute Gasteiger partial charge is 0.317 e. The predicted molar refractivity (Wildman–Crippen MR) is 71.4 cm³/mol. The van der Waals surface area contributed by atoms with E-state index >= 15 is 0 Å². The summed E-state index contributed by atoms with van der Waals surface area (Å²) in [4.78, 5) is 17.3. The average molecular weight is 250 g/mol. The molecule has 4 heteroatoms. The van der Waals surface area contributed by atoms with Gasteiger partial charge in [-0.1, -0.05) is 26.8 Å². The highest BCUT2D eigenvalue weighted by atomic mass is 16.4.